The van der Waals surface area contributed by atoms with Crippen molar-refractivity contribution in [2.75, 3.05) is 0 Å². The van der Waals surface area contributed by atoms with Crippen molar-refractivity contribution in [1.82, 2.24) is 0 Å². The van der Waals surface area contributed by atoms with Gasteiger partial charge < -0.3 is 0 Å². The van der Waals surface area contributed by atoms with Gasteiger partial charge in [-0.3, -0.25) is 0 Å². The molecule has 0 aliphatic carbocycles. The highest BCUT2D eigenvalue weighted by molar-refractivity contribution is 5.14. The molecule has 0 aliphatic rings. The molecule has 1 aromatic rings. The summed E-state index contributed by atoms with van der Waals surface area (Å²) < 4.78 is 0. The van der Waals surface area contributed by atoms with Crippen LogP contribution < -0.4 is 0 Å². The van der Waals surface area contributed by atoms with E-state index in [2.05, 4.69) is 65.0 Å². The summed E-state index contributed by atoms with van der Waals surface area (Å²) in [6.45, 7) is 12.0. The third-order valence-electron chi connectivity index (χ3n) is 4.83. The van der Waals surface area contributed by atoms with Crippen LogP contribution in [0.4, 0.5) is 0 Å². The second kappa shape index (κ2) is 7.72. The van der Waals surface area contributed by atoms with E-state index in [0.717, 1.165) is 11.8 Å². The van der Waals surface area contributed by atoms with Crippen molar-refractivity contribution >= 4 is 0 Å². The predicted octanol–water partition coefficient (Wildman–Crippen LogP) is 6.11. The zero-order valence-electron chi connectivity index (χ0n) is 13.6. The van der Waals surface area contributed by atoms with Crippen LogP contribution in [0.1, 0.15) is 65.9 Å². The highest BCUT2D eigenvalue weighted by Crippen LogP contribution is 2.35. The lowest BCUT2D eigenvalue weighted by Crippen LogP contribution is -2.21. The molecular weight excluding hydrogens is 228 g/mol. The third kappa shape index (κ3) is 5.80. The zero-order chi connectivity index (χ0) is 14.3. The molecular formula is C19H32. The van der Waals surface area contributed by atoms with Gasteiger partial charge >= 0.3 is 0 Å². The Morgan fingerprint density at radius 1 is 1.05 bits per heavy atom. The molecule has 0 amide bonds. The number of aryl methyl sites for hydroxylation is 1. The number of hydrogen-bond donors (Lipinski definition) is 0. The SMILES string of the molecule is CCC(CC(C)(C)CC)C(C)CCc1ccccc1. The maximum Gasteiger partial charge on any atom is -0.0276 e. The Hall–Kier alpha value is -0.780. The highest BCUT2D eigenvalue weighted by atomic mass is 14.3. The van der Waals surface area contributed by atoms with E-state index < -0.39 is 0 Å². The summed E-state index contributed by atoms with van der Waals surface area (Å²) in [7, 11) is 0. The number of rotatable bonds is 8. The van der Waals surface area contributed by atoms with Crippen molar-refractivity contribution in [3.05, 3.63) is 35.9 Å². The standard InChI is InChI=1S/C19H32/c1-6-18(15-19(4,5)7-2)16(3)13-14-17-11-9-8-10-12-17/h8-12,16,18H,6-7,13-15H2,1-5H3. The van der Waals surface area contributed by atoms with Crippen LogP contribution in [0.3, 0.4) is 0 Å². The monoisotopic (exact) mass is 260 g/mol. The van der Waals surface area contributed by atoms with Gasteiger partial charge in [-0.05, 0) is 42.1 Å². The first-order valence-electron chi connectivity index (χ1n) is 8.02. The second-order valence-electron chi connectivity index (χ2n) is 6.89. The van der Waals surface area contributed by atoms with Crippen LogP contribution in [0.5, 0.6) is 0 Å². The summed E-state index contributed by atoms with van der Waals surface area (Å²) in [5.41, 5.74) is 1.99. The van der Waals surface area contributed by atoms with Gasteiger partial charge in [-0.1, -0.05) is 77.8 Å². The van der Waals surface area contributed by atoms with Crippen molar-refractivity contribution in [3.8, 4) is 0 Å². The highest BCUT2D eigenvalue weighted by Gasteiger charge is 2.24. The van der Waals surface area contributed by atoms with Gasteiger partial charge in [0, 0.05) is 0 Å². The van der Waals surface area contributed by atoms with E-state index in [0.29, 0.717) is 5.41 Å². The summed E-state index contributed by atoms with van der Waals surface area (Å²) in [5.74, 6) is 1.70. The number of hydrogen-bond acceptors (Lipinski definition) is 0. The van der Waals surface area contributed by atoms with E-state index in [-0.39, 0.29) is 0 Å². The fourth-order valence-corrected chi connectivity index (χ4v) is 2.88. The van der Waals surface area contributed by atoms with E-state index in [1.807, 2.05) is 0 Å². The molecule has 0 saturated carbocycles. The molecule has 108 valence electrons. The molecule has 2 atom stereocenters. The first-order chi connectivity index (χ1) is 8.98. The maximum atomic E-state index is 2.45. The molecule has 0 radical (unpaired) electrons. The van der Waals surface area contributed by atoms with Crippen LogP contribution in [0.15, 0.2) is 30.3 Å². The van der Waals surface area contributed by atoms with Crippen LogP contribution in [-0.2, 0) is 6.42 Å². The quantitative estimate of drug-likeness (QED) is 0.529. The van der Waals surface area contributed by atoms with E-state index >= 15 is 0 Å². The Balaban J connectivity index is 2.48. The van der Waals surface area contributed by atoms with Gasteiger partial charge in [-0.15, -0.1) is 0 Å². The molecule has 19 heavy (non-hydrogen) atoms. The van der Waals surface area contributed by atoms with Gasteiger partial charge in [-0.25, -0.2) is 0 Å². The van der Waals surface area contributed by atoms with Crippen LogP contribution in [-0.4, -0.2) is 0 Å². The van der Waals surface area contributed by atoms with Crippen LogP contribution in [0.2, 0.25) is 0 Å². The lowest BCUT2D eigenvalue weighted by atomic mass is 9.74. The zero-order valence-corrected chi connectivity index (χ0v) is 13.6. The minimum absolute atomic E-state index is 0.502. The minimum atomic E-state index is 0.502. The first-order valence-corrected chi connectivity index (χ1v) is 8.02. The van der Waals surface area contributed by atoms with Crippen molar-refractivity contribution in [2.45, 2.75) is 66.7 Å². The summed E-state index contributed by atoms with van der Waals surface area (Å²) in [6, 6.07) is 10.9. The lowest BCUT2D eigenvalue weighted by Gasteiger charge is -2.32. The Morgan fingerprint density at radius 3 is 2.21 bits per heavy atom. The van der Waals surface area contributed by atoms with E-state index in [9.17, 15) is 0 Å². The topological polar surface area (TPSA) is 0 Å². The molecule has 1 aromatic carbocycles. The average Bonchev–Trinajstić information content (AvgIpc) is 2.43. The van der Waals surface area contributed by atoms with Crippen molar-refractivity contribution in [1.29, 1.82) is 0 Å². The van der Waals surface area contributed by atoms with Crippen molar-refractivity contribution in [3.63, 3.8) is 0 Å². The van der Waals surface area contributed by atoms with Gasteiger partial charge in [0.15, 0.2) is 0 Å². The molecule has 0 spiro atoms. The van der Waals surface area contributed by atoms with E-state index in [1.165, 1.54) is 37.7 Å². The van der Waals surface area contributed by atoms with Crippen molar-refractivity contribution in [2.24, 2.45) is 17.3 Å². The largest absolute Gasteiger partial charge is 0.0651 e. The van der Waals surface area contributed by atoms with Gasteiger partial charge in [0.2, 0.25) is 0 Å². The maximum absolute atomic E-state index is 2.45. The smallest absolute Gasteiger partial charge is 0.0276 e. The summed E-state index contributed by atoms with van der Waals surface area (Å²) in [6.07, 6.45) is 6.53. The molecule has 0 saturated heterocycles. The van der Waals surface area contributed by atoms with Gasteiger partial charge in [-0.2, -0.15) is 0 Å². The molecule has 0 bridgehead atoms. The third-order valence-corrected chi connectivity index (χ3v) is 4.83. The van der Waals surface area contributed by atoms with Crippen LogP contribution in [0.25, 0.3) is 0 Å². The molecule has 0 nitrogen and oxygen atoms in total. The summed E-state index contributed by atoms with van der Waals surface area (Å²) >= 11 is 0. The van der Waals surface area contributed by atoms with Gasteiger partial charge in [0.25, 0.3) is 0 Å². The minimum Gasteiger partial charge on any atom is -0.0651 e. The average molecular weight is 260 g/mol. The van der Waals surface area contributed by atoms with Crippen LogP contribution in [0, 0.1) is 17.3 Å². The molecule has 2 unspecified atom stereocenters. The molecule has 0 heteroatoms. The van der Waals surface area contributed by atoms with Gasteiger partial charge in [0.1, 0.15) is 0 Å². The Bertz CT molecular complexity index is 336. The fourth-order valence-electron chi connectivity index (χ4n) is 2.88. The fraction of sp³-hybridized carbons (Fsp3) is 0.684. The lowest BCUT2D eigenvalue weighted by molar-refractivity contribution is 0.197. The van der Waals surface area contributed by atoms with Gasteiger partial charge in [0.05, 0.1) is 0 Å². The van der Waals surface area contributed by atoms with E-state index in [4.69, 9.17) is 0 Å². The van der Waals surface area contributed by atoms with Crippen molar-refractivity contribution < 1.29 is 0 Å². The molecule has 0 fully saturated rings. The summed E-state index contributed by atoms with van der Waals surface area (Å²) in [4.78, 5) is 0. The molecule has 0 aliphatic heterocycles. The van der Waals surface area contributed by atoms with Crippen LogP contribution >= 0.6 is 0 Å². The summed E-state index contributed by atoms with van der Waals surface area (Å²) in [5, 5.41) is 0. The Kier molecular flexibility index (Phi) is 6.62. The second-order valence-corrected chi connectivity index (χ2v) is 6.89. The Morgan fingerprint density at radius 2 is 1.68 bits per heavy atom. The number of benzene rings is 1. The molecule has 0 heterocycles. The van der Waals surface area contributed by atoms with E-state index in [1.54, 1.807) is 0 Å². The Labute approximate surface area is 120 Å². The normalized spacial score (nSPS) is 15.2. The predicted molar refractivity (Wildman–Crippen MR) is 86.4 cm³/mol. The molecule has 1 rings (SSSR count). The molecule has 0 aromatic heterocycles. The molecule has 0 N–H and O–H groups in total. The first kappa shape index (κ1) is 16.3.